The summed E-state index contributed by atoms with van der Waals surface area (Å²) in [5, 5.41) is 16.9. The normalized spacial score (nSPS) is 11.8. The molecule has 0 aliphatic rings. The van der Waals surface area contributed by atoms with Gasteiger partial charge in [0.25, 0.3) is 5.69 Å². The summed E-state index contributed by atoms with van der Waals surface area (Å²) in [4.78, 5) is 16.5. The lowest BCUT2D eigenvalue weighted by Crippen LogP contribution is -2.17. The van der Waals surface area contributed by atoms with Crippen molar-refractivity contribution >= 4 is 56.7 Å². The fourth-order valence-corrected chi connectivity index (χ4v) is 5.25. The molecule has 0 amide bonds. The molecule has 0 radical (unpaired) electrons. The van der Waals surface area contributed by atoms with Crippen LogP contribution < -0.4 is 4.80 Å². The minimum absolute atomic E-state index is 0.0429. The first-order valence-electron chi connectivity index (χ1n) is 10.4. The van der Waals surface area contributed by atoms with Gasteiger partial charge in [-0.05, 0) is 34.5 Å². The Morgan fingerprint density at radius 2 is 1.71 bits per heavy atom. The predicted octanol–water partition coefficient (Wildman–Crippen LogP) is 7.87. The number of aromatic nitrogens is 1. The number of hydrogen-bond acceptors (Lipinski definition) is 4. The van der Waals surface area contributed by atoms with E-state index in [9.17, 15) is 10.1 Å². The van der Waals surface area contributed by atoms with Crippen LogP contribution in [0, 0.1) is 10.1 Å². The number of fused-ring (bicyclic) bond motifs is 1. The van der Waals surface area contributed by atoms with Crippen LogP contribution in [0.5, 0.6) is 0 Å². The Hall–Kier alpha value is -3.45. The first kappa shape index (κ1) is 22.3. The number of benzene rings is 4. The van der Waals surface area contributed by atoms with Crippen LogP contribution in [0.15, 0.2) is 95.3 Å². The Balaban J connectivity index is 1.75. The van der Waals surface area contributed by atoms with E-state index < -0.39 is 4.92 Å². The minimum Gasteiger partial charge on any atom is -0.312 e. The van der Waals surface area contributed by atoms with Gasteiger partial charge in [0, 0.05) is 27.1 Å². The van der Waals surface area contributed by atoms with Crippen molar-refractivity contribution in [3.8, 4) is 11.3 Å². The summed E-state index contributed by atoms with van der Waals surface area (Å²) in [6.07, 6.45) is 0. The molecule has 0 saturated heterocycles. The molecule has 0 aliphatic carbocycles. The predicted molar refractivity (Wildman–Crippen MR) is 139 cm³/mol. The highest BCUT2D eigenvalue weighted by atomic mass is 35.5. The largest absolute Gasteiger partial charge is 0.312 e. The van der Waals surface area contributed by atoms with Gasteiger partial charge in [-0.3, -0.25) is 10.1 Å². The molecule has 4 aromatic carbocycles. The first-order valence-corrected chi connectivity index (χ1v) is 12.0. The zero-order valence-electron chi connectivity index (χ0n) is 17.7. The van der Waals surface area contributed by atoms with Crippen molar-refractivity contribution in [1.82, 2.24) is 4.57 Å². The maximum Gasteiger partial charge on any atom is 0.294 e. The molecule has 168 valence electrons. The van der Waals surface area contributed by atoms with Crippen LogP contribution in [0.1, 0.15) is 5.56 Å². The molecule has 0 aliphatic heterocycles. The van der Waals surface area contributed by atoms with Crippen molar-refractivity contribution in [3.05, 3.63) is 121 Å². The van der Waals surface area contributed by atoms with Crippen LogP contribution in [0.3, 0.4) is 0 Å². The van der Waals surface area contributed by atoms with Crippen LogP contribution in [0.4, 0.5) is 11.4 Å². The molecule has 1 aromatic heterocycles. The maximum absolute atomic E-state index is 11.5. The fraction of sp³-hybridized carbons (Fsp3) is 0.0385. The van der Waals surface area contributed by atoms with E-state index in [0.29, 0.717) is 27.1 Å². The molecular weight excluding hydrogens is 489 g/mol. The molecule has 1 heterocycles. The molecule has 0 saturated carbocycles. The topological polar surface area (TPSA) is 60.4 Å². The van der Waals surface area contributed by atoms with E-state index in [4.69, 9.17) is 28.2 Å². The number of nitro groups is 1. The van der Waals surface area contributed by atoms with E-state index in [2.05, 4.69) is 24.3 Å². The maximum atomic E-state index is 11.5. The monoisotopic (exact) mass is 505 g/mol. The van der Waals surface area contributed by atoms with Gasteiger partial charge in [0.05, 0.1) is 17.2 Å². The molecule has 0 bridgehead atoms. The molecule has 5 nitrogen and oxygen atoms in total. The third kappa shape index (κ3) is 4.35. The Morgan fingerprint density at radius 1 is 0.941 bits per heavy atom. The lowest BCUT2D eigenvalue weighted by atomic mass is 10.0. The summed E-state index contributed by atoms with van der Waals surface area (Å²) in [7, 11) is 0. The molecule has 34 heavy (non-hydrogen) atoms. The van der Waals surface area contributed by atoms with E-state index >= 15 is 0 Å². The summed E-state index contributed by atoms with van der Waals surface area (Å²) in [5.74, 6) is 0. The Kier molecular flexibility index (Phi) is 6.20. The lowest BCUT2D eigenvalue weighted by Gasteiger charge is -2.13. The van der Waals surface area contributed by atoms with Gasteiger partial charge in [-0.2, -0.15) is 0 Å². The zero-order chi connectivity index (χ0) is 23.7. The average molecular weight is 506 g/mol. The van der Waals surface area contributed by atoms with Gasteiger partial charge in [-0.25, -0.2) is 4.99 Å². The van der Waals surface area contributed by atoms with E-state index in [1.54, 1.807) is 30.3 Å². The third-order valence-corrected chi connectivity index (χ3v) is 6.95. The number of para-hydroxylation sites is 2. The van der Waals surface area contributed by atoms with Gasteiger partial charge >= 0.3 is 0 Å². The SMILES string of the molecule is O=[N+]([O-])c1ccccc1N=c1scc(-c2cccc3ccccc23)n1Cc1ccc(Cl)cc1Cl. The molecule has 0 atom stereocenters. The van der Waals surface area contributed by atoms with E-state index in [1.807, 2.05) is 34.2 Å². The van der Waals surface area contributed by atoms with E-state index in [1.165, 1.54) is 17.4 Å². The van der Waals surface area contributed by atoms with Crippen molar-refractivity contribution in [3.63, 3.8) is 0 Å². The second kappa shape index (κ2) is 9.43. The Labute approximate surface area is 209 Å². The summed E-state index contributed by atoms with van der Waals surface area (Å²) in [6.45, 7) is 0.428. The smallest absolute Gasteiger partial charge is 0.294 e. The highest BCUT2D eigenvalue weighted by molar-refractivity contribution is 7.07. The second-order valence-electron chi connectivity index (χ2n) is 7.61. The minimum atomic E-state index is -0.418. The molecule has 0 spiro atoms. The summed E-state index contributed by atoms with van der Waals surface area (Å²) in [5.41, 5.74) is 3.12. The lowest BCUT2D eigenvalue weighted by molar-refractivity contribution is -0.384. The van der Waals surface area contributed by atoms with Gasteiger partial charge in [0.1, 0.15) is 5.69 Å². The van der Waals surface area contributed by atoms with Crippen molar-refractivity contribution in [2.24, 2.45) is 4.99 Å². The Bertz CT molecular complexity index is 1600. The van der Waals surface area contributed by atoms with Crippen LogP contribution in [0.25, 0.3) is 22.0 Å². The molecule has 8 heteroatoms. The van der Waals surface area contributed by atoms with Crippen LogP contribution in [-0.2, 0) is 6.54 Å². The highest BCUT2D eigenvalue weighted by Crippen LogP contribution is 2.31. The van der Waals surface area contributed by atoms with Crippen molar-refractivity contribution < 1.29 is 4.92 Å². The van der Waals surface area contributed by atoms with Crippen molar-refractivity contribution in [1.29, 1.82) is 0 Å². The number of halogens is 2. The number of hydrogen-bond donors (Lipinski definition) is 0. The van der Waals surface area contributed by atoms with Gasteiger partial charge in [-0.15, -0.1) is 11.3 Å². The molecular formula is C26H17Cl2N3O2S. The van der Waals surface area contributed by atoms with E-state index in [0.717, 1.165) is 27.6 Å². The average Bonchev–Trinajstić information content (AvgIpc) is 3.22. The van der Waals surface area contributed by atoms with Gasteiger partial charge in [0.15, 0.2) is 4.80 Å². The zero-order valence-corrected chi connectivity index (χ0v) is 20.0. The van der Waals surface area contributed by atoms with Crippen molar-refractivity contribution in [2.75, 3.05) is 0 Å². The summed E-state index contributed by atoms with van der Waals surface area (Å²) >= 11 is 14.0. The summed E-state index contributed by atoms with van der Waals surface area (Å²) in [6, 6.07) is 26.2. The summed E-state index contributed by atoms with van der Waals surface area (Å²) < 4.78 is 2.04. The van der Waals surface area contributed by atoms with E-state index in [-0.39, 0.29) is 5.69 Å². The van der Waals surface area contributed by atoms with Crippen LogP contribution in [-0.4, -0.2) is 9.49 Å². The van der Waals surface area contributed by atoms with Gasteiger partial charge < -0.3 is 4.57 Å². The fourth-order valence-electron chi connectivity index (χ4n) is 3.87. The number of thiazole rings is 1. The molecule has 0 fully saturated rings. The number of nitrogens with zero attached hydrogens (tertiary/aromatic N) is 3. The second-order valence-corrected chi connectivity index (χ2v) is 9.29. The number of nitro benzene ring substituents is 1. The third-order valence-electron chi connectivity index (χ3n) is 5.50. The van der Waals surface area contributed by atoms with Crippen LogP contribution in [0.2, 0.25) is 10.0 Å². The number of rotatable bonds is 5. The van der Waals surface area contributed by atoms with Crippen molar-refractivity contribution in [2.45, 2.75) is 6.54 Å². The molecule has 5 rings (SSSR count). The first-order chi connectivity index (χ1) is 16.5. The van der Waals surface area contributed by atoms with Gasteiger partial charge in [-0.1, -0.05) is 83.9 Å². The molecule has 0 N–H and O–H groups in total. The highest BCUT2D eigenvalue weighted by Gasteiger charge is 2.16. The quantitative estimate of drug-likeness (QED) is 0.180. The Morgan fingerprint density at radius 3 is 2.53 bits per heavy atom. The molecule has 5 aromatic rings. The standard InChI is InChI=1S/C26H17Cl2N3O2S/c27-19-13-12-18(22(28)14-19)15-30-25(21-9-5-7-17-6-1-2-8-20(17)21)16-34-26(30)29-23-10-3-4-11-24(23)31(32)33/h1-14,16H,15H2. The molecule has 0 unspecified atom stereocenters. The van der Waals surface area contributed by atoms with Gasteiger partial charge in [0.2, 0.25) is 0 Å². The van der Waals surface area contributed by atoms with Crippen LogP contribution >= 0.6 is 34.5 Å².